The second-order valence-electron chi connectivity index (χ2n) is 3.97. The Kier molecular flexibility index (Phi) is 4.22. The van der Waals surface area contributed by atoms with Gasteiger partial charge in [0.1, 0.15) is 0 Å². The van der Waals surface area contributed by atoms with E-state index in [9.17, 15) is 9.59 Å². The van der Waals surface area contributed by atoms with Gasteiger partial charge in [0.15, 0.2) is 0 Å². The predicted molar refractivity (Wildman–Crippen MR) is 71.6 cm³/mol. The van der Waals surface area contributed by atoms with Gasteiger partial charge in [-0.05, 0) is 24.7 Å². The van der Waals surface area contributed by atoms with Crippen LogP contribution in [0.5, 0.6) is 0 Å². The quantitative estimate of drug-likeness (QED) is 0.744. The van der Waals surface area contributed by atoms with Crippen LogP contribution in [0.1, 0.15) is 5.56 Å². The molecule has 0 fully saturated rings. The summed E-state index contributed by atoms with van der Waals surface area (Å²) in [6, 6.07) is 5.83. The van der Waals surface area contributed by atoms with Crippen LogP contribution in [0.3, 0.4) is 0 Å². The van der Waals surface area contributed by atoms with E-state index in [1.165, 1.54) is 11.8 Å². The number of amides is 2. The summed E-state index contributed by atoms with van der Waals surface area (Å²) in [5.41, 5.74) is 1.80. The third kappa shape index (κ3) is 3.24. The molecule has 1 aromatic carbocycles. The highest BCUT2D eigenvalue weighted by Crippen LogP contribution is 2.31. The first-order valence-corrected chi connectivity index (χ1v) is 6.64. The third-order valence-electron chi connectivity index (χ3n) is 2.50. The highest BCUT2D eigenvalue weighted by molar-refractivity contribution is 8.00. The van der Waals surface area contributed by atoms with Crippen LogP contribution in [-0.2, 0) is 16.1 Å². The van der Waals surface area contributed by atoms with Crippen molar-refractivity contribution in [3.63, 3.8) is 0 Å². The molecule has 5 nitrogen and oxygen atoms in total. The first-order valence-electron chi connectivity index (χ1n) is 5.66. The lowest BCUT2D eigenvalue weighted by molar-refractivity contribution is -0.120. The summed E-state index contributed by atoms with van der Waals surface area (Å²) in [5.74, 6) is 0.433. The van der Waals surface area contributed by atoms with Gasteiger partial charge >= 0.3 is 0 Å². The number of carbonyl (C=O) groups is 2. The normalized spacial score (nSPS) is 13.7. The van der Waals surface area contributed by atoms with Gasteiger partial charge in [0.05, 0.1) is 18.0 Å². The molecule has 0 saturated heterocycles. The molecule has 0 unspecified atom stereocenters. The van der Waals surface area contributed by atoms with Crippen LogP contribution < -0.4 is 16.0 Å². The fourth-order valence-electron chi connectivity index (χ4n) is 1.66. The van der Waals surface area contributed by atoms with Gasteiger partial charge in [-0.25, -0.2) is 0 Å². The van der Waals surface area contributed by atoms with Gasteiger partial charge in [-0.3, -0.25) is 9.59 Å². The van der Waals surface area contributed by atoms with Crippen LogP contribution in [0, 0.1) is 0 Å². The van der Waals surface area contributed by atoms with Crippen molar-refractivity contribution in [1.29, 1.82) is 0 Å². The second kappa shape index (κ2) is 5.88. The number of thioether (sulfide) groups is 1. The van der Waals surface area contributed by atoms with Gasteiger partial charge in [-0.15, -0.1) is 11.8 Å². The van der Waals surface area contributed by atoms with E-state index in [1.54, 1.807) is 7.05 Å². The molecule has 0 saturated carbocycles. The molecule has 1 aromatic rings. The van der Waals surface area contributed by atoms with E-state index in [1.807, 2.05) is 18.2 Å². The minimum Gasteiger partial charge on any atom is -0.351 e. The van der Waals surface area contributed by atoms with Crippen LogP contribution in [0.25, 0.3) is 0 Å². The number of likely N-dealkylation sites (N-methyl/N-ethyl adjacent to an activating group) is 1. The van der Waals surface area contributed by atoms with Gasteiger partial charge in [-0.2, -0.15) is 0 Å². The summed E-state index contributed by atoms with van der Waals surface area (Å²) >= 11 is 1.53. The van der Waals surface area contributed by atoms with Crippen LogP contribution >= 0.6 is 11.8 Å². The molecule has 0 atom stereocenters. The smallest absolute Gasteiger partial charge is 0.234 e. The van der Waals surface area contributed by atoms with Crippen LogP contribution in [0.2, 0.25) is 0 Å². The number of nitrogens with one attached hydrogen (secondary N) is 3. The molecular formula is C12H15N3O2S. The van der Waals surface area contributed by atoms with E-state index >= 15 is 0 Å². The van der Waals surface area contributed by atoms with E-state index in [0.29, 0.717) is 18.8 Å². The Labute approximate surface area is 110 Å². The standard InChI is InChI=1S/C12H15N3O2S/c1-13-6-11(16)14-5-8-2-3-10-9(4-8)15-12(17)7-18-10/h2-4,13H,5-7H2,1H3,(H,14,16)(H,15,17). The van der Waals surface area contributed by atoms with Gasteiger partial charge < -0.3 is 16.0 Å². The van der Waals surface area contributed by atoms with Gasteiger partial charge in [0.2, 0.25) is 11.8 Å². The van der Waals surface area contributed by atoms with E-state index in [0.717, 1.165) is 16.1 Å². The van der Waals surface area contributed by atoms with Crippen LogP contribution in [0.4, 0.5) is 5.69 Å². The Bertz CT molecular complexity index is 476. The molecule has 1 aliphatic rings. The second-order valence-corrected chi connectivity index (χ2v) is 4.99. The predicted octanol–water partition coefficient (Wildman–Crippen LogP) is 0.566. The number of fused-ring (bicyclic) bond motifs is 1. The number of hydrogen-bond donors (Lipinski definition) is 3. The maximum absolute atomic E-state index is 11.3. The summed E-state index contributed by atoms with van der Waals surface area (Å²) in [7, 11) is 1.73. The first-order chi connectivity index (χ1) is 8.69. The summed E-state index contributed by atoms with van der Waals surface area (Å²) in [6.45, 7) is 0.770. The van der Waals surface area contributed by atoms with Crippen LogP contribution in [0.15, 0.2) is 23.1 Å². The fraction of sp³-hybridized carbons (Fsp3) is 0.333. The van der Waals surface area contributed by atoms with E-state index < -0.39 is 0 Å². The molecule has 1 aliphatic heterocycles. The molecule has 0 radical (unpaired) electrons. The fourth-order valence-corrected chi connectivity index (χ4v) is 2.45. The molecule has 0 aromatic heterocycles. The van der Waals surface area contributed by atoms with Crippen molar-refractivity contribution in [2.75, 3.05) is 24.7 Å². The Balaban J connectivity index is 2.00. The lowest BCUT2D eigenvalue weighted by Gasteiger charge is -2.17. The SMILES string of the molecule is CNCC(=O)NCc1ccc2c(c1)NC(=O)CS2. The molecule has 18 heavy (non-hydrogen) atoms. The van der Waals surface area contributed by atoms with Crippen molar-refractivity contribution in [1.82, 2.24) is 10.6 Å². The highest BCUT2D eigenvalue weighted by atomic mass is 32.2. The zero-order valence-corrected chi connectivity index (χ0v) is 10.9. The summed E-state index contributed by atoms with van der Waals surface area (Å²) < 4.78 is 0. The minimum absolute atomic E-state index is 0.0175. The summed E-state index contributed by atoms with van der Waals surface area (Å²) in [6.07, 6.45) is 0. The molecule has 1 heterocycles. The number of carbonyl (C=O) groups excluding carboxylic acids is 2. The maximum atomic E-state index is 11.3. The Hall–Kier alpha value is -1.53. The molecule has 2 amide bonds. The van der Waals surface area contributed by atoms with Crippen LogP contribution in [-0.4, -0.2) is 31.2 Å². The number of anilines is 1. The Morgan fingerprint density at radius 1 is 1.50 bits per heavy atom. The minimum atomic E-state index is -0.0476. The third-order valence-corrected chi connectivity index (χ3v) is 3.58. The van der Waals surface area contributed by atoms with Crippen molar-refractivity contribution < 1.29 is 9.59 Å². The number of rotatable bonds is 4. The Morgan fingerprint density at radius 3 is 3.11 bits per heavy atom. The van der Waals surface area contributed by atoms with E-state index in [2.05, 4.69) is 16.0 Å². The van der Waals surface area contributed by atoms with E-state index in [-0.39, 0.29) is 11.8 Å². The molecule has 2 rings (SSSR count). The van der Waals surface area contributed by atoms with Crippen molar-refractivity contribution in [3.05, 3.63) is 23.8 Å². The number of hydrogen-bond acceptors (Lipinski definition) is 4. The van der Waals surface area contributed by atoms with Gasteiger partial charge in [-0.1, -0.05) is 6.07 Å². The van der Waals surface area contributed by atoms with Crippen molar-refractivity contribution in [2.24, 2.45) is 0 Å². The largest absolute Gasteiger partial charge is 0.351 e. The van der Waals surface area contributed by atoms with E-state index in [4.69, 9.17) is 0 Å². The molecule has 6 heteroatoms. The maximum Gasteiger partial charge on any atom is 0.234 e. The van der Waals surface area contributed by atoms with Crippen molar-refractivity contribution in [2.45, 2.75) is 11.4 Å². The Morgan fingerprint density at radius 2 is 2.33 bits per heavy atom. The highest BCUT2D eigenvalue weighted by Gasteiger charge is 2.15. The number of benzene rings is 1. The summed E-state index contributed by atoms with van der Waals surface area (Å²) in [5, 5.41) is 8.41. The molecule has 96 valence electrons. The average Bonchev–Trinajstić information content (AvgIpc) is 2.36. The average molecular weight is 265 g/mol. The first kappa shape index (κ1) is 12.9. The monoisotopic (exact) mass is 265 g/mol. The zero-order valence-electron chi connectivity index (χ0n) is 10.1. The lowest BCUT2D eigenvalue weighted by Crippen LogP contribution is -2.31. The molecule has 0 spiro atoms. The zero-order chi connectivity index (χ0) is 13.0. The lowest BCUT2D eigenvalue weighted by atomic mass is 10.2. The molecular weight excluding hydrogens is 250 g/mol. The topological polar surface area (TPSA) is 70.2 Å². The molecule has 0 bridgehead atoms. The summed E-state index contributed by atoms with van der Waals surface area (Å²) in [4.78, 5) is 23.7. The van der Waals surface area contributed by atoms with Crippen molar-refractivity contribution in [3.8, 4) is 0 Å². The molecule has 3 N–H and O–H groups in total. The molecule has 0 aliphatic carbocycles. The van der Waals surface area contributed by atoms with Gasteiger partial charge in [0, 0.05) is 11.4 Å². The van der Waals surface area contributed by atoms with Crippen molar-refractivity contribution >= 4 is 29.3 Å². The van der Waals surface area contributed by atoms with Gasteiger partial charge in [0.25, 0.3) is 0 Å².